The van der Waals surface area contributed by atoms with Crippen molar-refractivity contribution in [1.82, 2.24) is 39.8 Å². The molecule has 0 bridgehead atoms. The molecule has 0 aliphatic carbocycles. The minimum absolute atomic E-state index is 0.0519. The van der Waals surface area contributed by atoms with Gasteiger partial charge in [-0.05, 0) is 42.8 Å². The molecule has 4 rings (SSSR count). The SMILES string of the molecule is COC(=O)N(C)N(C)C(=O)c1cc(Cl)cc(C)c1NC(=O)c1cc(Cn2cc(C(C)(C)C)nn2)nn1-c1ncccc1Cl. The molecule has 0 spiro atoms. The molecule has 1 N–H and O–H groups in total. The number of hydrogen-bond acceptors (Lipinski definition) is 8. The minimum atomic E-state index is -0.758. The van der Waals surface area contributed by atoms with E-state index in [9.17, 15) is 14.4 Å². The molecule has 0 saturated heterocycles. The highest BCUT2D eigenvalue weighted by Crippen LogP contribution is 2.29. The summed E-state index contributed by atoms with van der Waals surface area (Å²) in [6, 6.07) is 7.89. The van der Waals surface area contributed by atoms with Gasteiger partial charge in [0, 0.05) is 36.9 Å². The molecule has 1 aromatic carbocycles. The molecule has 226 valence electrons. The van der Waals surface area contributed by atoms with Crippen LogP contribution in [-0.2, 0) is 16.7 Å². The van der Waals surface area contributed by atoms with Crippen molar-refractivity contribution in [2.75, 3.05) is 26.5 Å². The maximum absolute atomic E-state index is 13.9. The summed E-state index contributed by atoms with van der Waals surface area (Å²) in [7, 11) is 3.96. The molecule has 13 nitrogen and oxygen atoms in total. The lowest BCUT2D eigenvalue weighted by molar-refractivity contribution is 0.0193. The summed E-state index contributed by atoms with van der Waals surface area (Å²) in [4.78, 5) is 43.7. The van der Waals surface area contributed by atoms with Gasteiger partial charge in [-0.15, -0.1) is 5.10 Å². The Balaban J connectivity index is 1.74. The van der Waals surface area contributed by atoms with Crippen molar-refractivity contribution < 1.29 is 19.1 Å². The highest BCUT2D eigenvalue weighted by Gasteiger charge is 2.27. The van der Waals surface area contributed by atoms with Gasteiger partial charge in [0.1, 0.15) is 5.69 Å². The number of pyridine rings is 1. The number of aryl methyl sites for hydroxylation is 1. The fraction of sp³-hybridized carbons (Fsp3) is 0.321. The monoisotopic (exact) mass is 627 g/mol. The zero-order valence-electron chi connectivity index (χ0n) is 24.7. The van der Waals surface area contributed by atoms with E-state index in [0.717, 1.165) is 15.7 Å². The third-order valence-corrected chi connectivity index (χ3v) is 7.03. The quantitative estimate of drug-likeness (QED) is 0.302. The van der Waals surface area contributed by atoms with E-state index in [1.54, 1.807) is 35.9 Å². The number of carbonyl (C=O) groups is 3. The van der Waals surface area contributed by atoms with Crippen LogP contribution in [0.2, 0.25) is 10.0 Å². The summed E-state index contributed by atoms with van der Waals surface area (Å²) in [5.41, 5.74) is 1.94. The van der Waals surface area contributed by atoms with Gasteiger partial charge in [-0.1, -0.05) is 49.2 Å². The fourth-order valence-corrected chi connectivity index (χ4v) is 4.54. The molecule has 3 heterocycles. The Kier molecular flexibility index (Phi) is 9.07. The van der Waals surface area contributed by atoms with Crippen LogP contribution in [0.1, 0.15) is 58.6 Å². The molecule has 0 atom stereocenters. The number of rotatable bonds is 6. The van der Waals surface area contributed by atoms with Gasteiger partial charge in [-0.2, -0.15) is 5.10 Å². The summed E-state index contributed by atoms with van der Waals surface area (Å²) in [6.07, 6.45) is 2.60. The third-order valence-electron chi connectivity index (χ3n) is 6.52. The Morgan fingerprint density at radius 2 is 1.81 bits per heavy atom. The second-order valence-electron chi connectivity index (χ2n) is 10.7. The largest absolute Gasteiger partial charge is 0.452 e. The number of hydrogen-bond donors (Lipinski definition) is 1. The van der Waals surface area contributed by atoms with Crippen molar-refractivity contribution in [2.45, 2.75) is 39.7 Å². The molecule has 0 saturated carbocycles. The summed E-state index contributed by atoms with van der Waals surface area (Å²) >= 11 is 12.7. The van der Waals surface area contributed by atoms with Crippen LogP contribution in [0.3, 0.4) is 0 Å². The van der Waals surface area contributed by atoms with Crippen molar-refractivity contribution in [3.05, 3.63) is 81.0 Å². The number of hydrazine groups is 1. The highest BCUT2D eigenvalue weighted by molar-refractivity contribution is 6.32. The summed E-state index contributed by atoms with van der Waals surface area (Å²) < 4.78 is 7.67. The molecular weight excluding hydrogens is 597 g/mol. The molecule has 3 aromatic heterocycles. The Labute approximate surface area is 258 Å². The van der Waals surface area contributed by atoms with Gasteiger partial charge < -0.3 is 10.1 Å². The predicted octanol–water partition coefficient (Wildman–Crippen LogP) is 4.76. The second kappa shape index (κ2) is 12.4. The molecule has 4 aromatic rings. The maximum atomic E-state index is 13.9. The first-order valence-electron chi connectivity index (χ1n) is 13.0. The lowest BCUT2D eigenvalue weighted by Gasteiger charge is -2.28. The highest BCUT2D eigenvalue weighted by atomic mass is 35.5. The van der Waals surface area contributed by atoms with Crippen LogP contribution in [0.4, 0.5) is 10.5 Å². The van der Waals surface area contributed by atoms with E-state index in [-0.39, 0.29) is 44.8 Å². The molecule has 15 heteroatoms. The smallest absolute Gasteiger partial charge is 0.428 e. The van der Waals surface area contributed by atoms with Crippen molar-refractivity contribution in [3.8, 4) is 5.82 Å². The number of benzene rings is 1. The fourth-order valence-electron chi connectivity index (χ4n) is 4.07. The van der Waals surface area contributed by atoms with E-state index in [2.05, 4.69) is 25.7 Å². The Hall–Kier alpha value is -4.49. The van der Waals surface area contributed by atoms with Gasteiger partial charge in [0.25, 0.3) is 11.8 Å². The van der Waals surface area contributed by atoms with Gasteiger partial charge in [0.15, 0.2) is 5.82 Å². The van der Waals surface area contributed by atoms with Crippen LogP contribution in [0.5, 0.6) is 0 Å². The van der Waals surface area contributed by atoms with Gasteiger partial charge in [0.2, 0.25) is 0 Å². The maximum Gasteiger partial charge on any atom is 0.428 e. The predicted molar refractivity (Wildman–Crippen MR) is 161 cm³/mol. The first-order valence-corrected chi connectivity index (χ1v) is 13.8. The van der Waals surface area contributed by atoms with Crippen molar-refractivity contribution in [1.29, 1.82) is 0 Å². The number of nitrogens with one attached hydrogen (secondary N) is 1. The van der Waals surface area contributed by atoms with Crippen molar-refractivity contribution >= 4 is 46.8 Å². The number of carbonyl (C=O) groups excluding carboxylic acids is 3. The number of aromatic nitrogens is 6. The van der Waals surface area contributed by atoms with Crippen LogP contribution in [0.25, 0.3) is 5.82 Å². The van der Waals surface area contributed by atoms with E-state index in [1.807, 2.05) is 27.0 Å². The van der Waals surface area contributed by atoms with E-state index >= 15 is 0 Å². The number of nitrogens with zero attached hydrogens (tertiary/aromatic N) is 8. The minimum Gasteiger partial charge on any atom is -0.452 e. The van der Waals surface area contributed by atoms with E-state index in [1.165, 1.54) is 38.2 Å². The molecular formula is C28H31Cl2N9O4. The van der Waals surface area contributed by atoms with Crippen LogP contribution in [0.15, 0.2) is 42.7 Å². The Morgan fingerprint density at radius 3 is 2.44 bits per heavy atom. The number of halogens is 2. The first-order chi connectivity index (χ1) is 20.2. The number of anilines is 1. The molecule has 0 fully saturated rings. The van der Waals surface area contributed by atoms with Crippen LogP contribution >= 0.6 is 23.2 Å². The molecule has 0 unspecified atom stereocenters. The van der Waals surface area contributed by atoms with Crippen LogP contribution in [0, 0.1) is 6.92 Å². The zero-order chi connectivity index (χ0) is 31.6. The average molecular weight is 629 g/mol. The lowest BCUT2D eigenvalue weighted by Crippen LogP contribution is -2.45. The van der Waals surface area contributed by atoms with Crippen molar-refractivity contribution in [2.24, 2.45) is 0 Å². The number of amides is 3. The molecule has 0 aliphatic rings. The third kappa shape index (κ3) is 6.78. The standard InChI is InChI=1S/C28H31Cl2N9O4/c1-16-11-17(29)12-19(26(41)36(5)37(6)27(42)43-7)23(16)32-25(40)21-13-18(14-38-15-22(33-35-38)28(2,3)4)34-39(21)24-20(30)9-8-10-31-24/h8-13,15H,14H2,1-7H3,(H,32,40). The zero-order valence-corrected chi connectivity index (χ0v) is 26.2. The topological polar surface area (TPSA) is 140 Å². The van der Waals surface area contributed by atoms with Crippen LogP contribution < -0.4 is 5.32 Å². The van der Waals surface area contributed by atoms with Gasteiger partial charge in [0.05, 0.1) is 41.3 Å². The van der Waals surface area contributed by atoms with Gasteiger partial charge in [-0.3, -0.25) is 9.59 Å². The molecule has 0 aliphatic heterocycles. The van der Waals surface area contributed by atoms with Gasteiger partial charge >= 0.3 is 6.09 Å². The summed E-state index contributed by atoms with van der Waals surface area (Å²) in [5.74, 6) is -0.979. The summed E-state index contributed by atoms with van der Waals surface area (Å²) in [6.45, 7) is 8.01. The van der Waals surface area contributed by atoms with Gasteiger partial charge in [-0.25, -0.2) is 29.2 Å². The molecule has 43 heavy (non-hydrogen) atoms. The number of ether oxygens (including phenoxy) is 1. The number of methoxy groups -OCH3 is 1. The lowest BCUT2D eigenvalue weighted by atomic mass is 9.93. The Bertz CT molecular complexity index is 1690. The first kappa shape index (κ1) is 31.4. The van der Waals surface area contributed by atoms with Crippen LogP contribution in [-0.4, -0.2) is 78.9 Å². The summed E-state index contributed by atoms with van der Waals surface area (Å²) in [5, 5.41) is 18.5. The van der Waals surface area contributed by atoms with Crippen molar-refractivity contribution in [3.63, 3.8) is 0 Å². The average Bonchev–Trinajstić information content (AvgIpc) is 3.60. The molecule has 0 radical (unpaired) electrons. The normalized spacial score (nSPS) is 11.3. The Morgan fingerprint density at radius 1 is 1.09 bits per heavy atom. The van der Waals surface area contributed by atoms with E-state index in [0.29, 0.717) is 11.3 Å². The second-order valence-corrected chi connectivity index (χ2v) is 11.6. The van der Waals surface area contributed by atoms with E-state index in [4.69, 9.17) is 27.9 Å². The van der Waals surface area contributed by atoms with E-state index < -0.39 is 17.9 Å². The molecule has 3 amide bonds.